The van der Waals surface area contributed by atoms with E-state index in [4.69, 9.17) is 39.5 Å². The van der Waals surface area contributed by atoms with Crippen molar-refractivity contribution in [3.05, 3.63) is 87.4 Å². The van der Waals surface area contributed by atoms with Gasteiger partial charge in [0, 0.05) is 18.1 Å². The van der Waals surface area contributed by atoms with Crippen molar-refractivity contribution in [3.63, 3.8) is 0 Å². The third-order valence-corrected chi connectivity index (χ3v) is 8.73. The van der Waals surface area contributed by atoms with Crippen LogP contribution in [0.1, 0.15) is 26.3 Å². The van der Waals surface area contributed by atoms with Crippen molar-refractivity contribution < 1.29 is 22.7 Å². The molecular formula is C28H30Cl3N3O5S. The minimum atomic E-state index is -4.27. The van der Waals surface area contributed by atoms with Crippen LogP contribution >= 0.6 is 34.8 Å². The molecule has 0 spiro atoms. The van der Waals surface area contributed by atoms with Crippen LogP contribution in [0, 0.1) is 0 Å². The fourth-order valence-corrected chi connectivity index (χ4v) is 5.80. The number of sulfonamides is 1. The van der Waals surface area contributed by atoms with E-state index in [9.17, 15) is 18.0 Å². The Morgan fingerprint density at radius 3 is 2.25 bits per heavy atom. The molecule has 0 fully saturated rings. The topological polar surface area (TPSA) is 96.0 Å². The van der Waals surface area contributed by atoms with E-state index in [-0.39, 0.29) is 34.5 Å². The smallest absolute Gasteiger partial charge is 0.264 e. The Hall–Kier alpha value is -2.98. The van der Waals surface area contributed by atoms with E-state index < -0.39 is 34.4 Å². The molecule has 0 saturated carbocycles. The summed E-state index contributed by atoms with van der Waals surface area (Å²) in [4.78, 5) is 28.0. The lowest BCUT2D eigenvalue weighted by Crippen LogP contribution is -2.51. The molecule has 0 aromatic heterocycles. The van der Waals surface area contributed by atoms with Crippen molar-refractivity contribution in [1.82, 2.24) is 10.2 Å². The maximum absolute atomic E-state index is 14.0. The molecule has 1 N–H and O–H groups in total. The second kappa shape index (κ2) is 14.1. The van der Waals surface area contributed by atoms with E-state index in [1.165, 1.54) is 29.2 Å². The van der Waals surface area contributed by atoms with Crippen LogP contribution in [0.4, 0.5) is 5.69 Å². The largest absolute Gasteiger partial charge is 0.492 e. The molecule has 1 atom stereocenters. The number of nitrogens with zero attached hydrogens (tertiary/aromatic N) is 2. The van der Waals surface area contributed by atoms with Crippen LogP contribution in [0.2, 0.25) is 15.1 Å². The van der Waals surface area contributed by atoms with Gasteiger partial charge in [-0.2, -0.15) is 0 Å². The first-order valence-corrected chi connectivity index (χ1v) is 15.1. The molecule has 0 heterocycles. The first kappa shape index (κ1) is 31.5. The van der Waals surface area contributed by atoms with Gasteiger partial charge in [0.15, 0.2) is 0 Å². The highest BCUT2D eigenvalue weighted by atomic mass is 35.5. The SMILES string of the molecule is CCNC(=O)[C@H](C)N(Cc1ccc(Cl)c(Cl)c1)C(=O)CN(c1ccccc1OCC)S(=O)(=O)c1ccc(Cl)cc1. The molecule has 2 amide bonds. The highest BCUT2D eigenvalue weighted by Crippen LogP contribution is 2.33. The van der Waals surface area contributed by atoms with Crippen molar-refractivity contribution >= 4 is 62.3 Å². The van der Waals surface area contributed by atoms with Gasteiger partial charge in [-0.15, -0.1) is 0 Å². The van der Waals surface area contributed by atoms with E-state index >= 15 is 0 Å². The lowest BCUT2D eigenvalue weighted by atomic mass is 10.1. The Bertz CT molecular complexity index is 1450. The number of anilines is 1. The number of carbonyl (C=O) groups is 2. The molecule has 214 valence electrons. The van der Waals surface area contributed by atoms with E-state index in [2.05, 4.69) is 5.32 Å². The molecule has 8 nitrogen and oxygen atoms in total. The summed E-state index contributed by atoms with van der Waals surface area (Å²) in [5.74, 6) is -0.727. The number of nitrogens with one attached hydrogen (secondary N) is 1. The molecule has 0 aliphatic carbocycles. The summed E-state index contributed by atoms with van der Waals surface area (Å²) in [7, 11) is -4.27. The second-order valence-electron chi connectivity index (χ2n) is 8.71. The van der Waals surface area contributed by atoms with Crippen molar-refractivity contribution in [2.24, 2.45) is 0 Å². The van der Waals surface area contributed by atoms with Crippen LogP contribution in [-0.4, -0.2) is 50.9 Å². The molecule has 0 bridgehead atoms. The average Bonchev–Trinajstić information content (AvgIpc) is 2.92. The maximum Gasteiger partial charge on any atom is 0.264 e. The van der Waals surface area contributed by atoms with Gasteiger partial charge in [0.1, 0.15) is 18.3 Å². The number of amides is 2. The summed E-state index contributed by atoms with van der Waals surface area (Å²) < 4.78 is 34.6. The number of hydrogen-bond donors (Lipinski definition) is 1. The van der Waals surface area contributed by atoms with Gasteiger partial charge >= 0.3 is 0 Å². The van der Waals surface area contributed by atoms with Gasteiger partial charge in [-0.25, -0.2) is 8.42 Å². The Morgan fingerprint density at radius 2 is 1.62 bits per heavy atom. The van der Waals surface area contributed by atoms with Crippen molar-refractivity contribution in [3.8, 4) is 5.75 Å². The number of ether oxygens (including phenoxy) is 1. The first-order valence-electron chi connectivity index (χ1n) is 12.5. The number of para-hydroxylation sites is 2. The second-order valence-corrected chi connectivity index (χ2v) is 11.8. The molecule has 0 aliphatic heterocycles. The molecule has 3 aromatic rings. The van der Waals surface area contributed by atoms with Crippen LogP contribution in [-0.2, 0) is 26.2 Å². The van der Waals surface area contributed by atoms with Crippen molar-refractivity contribution in [2.75, 3.05) is 24.0 Å². The molecule has 0 saturated heterocycles. The van der Waals surface area contributed by atoms with Gasteiger partial charge in [-0.05, 0) is 74.9 Å². The number of likely N-dealkylation sites (N-methyl/N-ethyl adjacent to an activating group) is 1. The molecule has 12 heteroatoms. The van der Waals surface area contributed by atoms with Crippen LogP contribution in [0.5, 0.6) is 5.75 Å². The van der Waals surface area contributed by atoms with Gasteiger partial charge in [0.25, 0.3) is 10.0 Å². The predicted octanol–water partition coefficient (Wildman–Crippen LogP) is 5.79. The third kappa shape index (κ3) is 7.60. The summed E-state index contributed by atoms with van der Waals surface area (Å²) in [6.45, 7) is 5.12. The molecular weight excluding hydrogens is 597 g/mol. The standard InChI is InChI=1S/C28H30Cl3N3O5S/c1-4-32-28(36)19(3)33(17-20-10-15-23(30)24(31)16-20)27(35)18-34(25-8-6-7-9-26(25)39-5-2)40(37,38)22-13-11-21(29)12-14-22/h6-16,19H,4-5,17-18H2,1-3H3,(H,32,36)/t19-/m0/s1. The summed E-state index contributed by atoms with van der Waals surface area (Å²) in [5.41, 5.74) is 0.786. The van der Waals surface area contributed by atoms with Gasteiger partial charge in [-0.1, -0.05) is 53.0 Å². The molecule has 0 unspecified atom stereocenters. The van der Waals surface area contributed by atoms with Gasteiger partial charge in [0.2, 0.25) is 11.8 Å². The lowest BCUT2D eigenvalue weighted by Gasteiger charge is -2.32. The number of rotatable bonds is 12. The highest BCUT2D eigenvalue weighted by Gasteiger charge is 2.33. The fourth-order valence-electron chi connectivity index (χ4n) is 3.93. The lowest BCUT2D eigenvalue weighted by molar-refractivity contribution is -0.139. The summed E-state index contributed by atoms with van der Waals surface area (Å²) >= 11 is 18.2. The fraction of sp³-hybridized carbons (Fsp3) is 0.286. The molecule has 0 radical (unpaired) electrons. The zero-order chi connectivity index (χ0) is 29.4. The zero-order valence-electron chi connectivity index (χ0n) is 22.2. The van der Waals surface area contributed by atoms with Gasteiger partial charge in [0.05, 0.1) is 27.2 Å². The van der Waals surface area contributed by atoms with E-state index in [1.54, 1.807) is 63.2 Å². The van der Waals surface area contributed by atoms with Crippen LogP contribution in [0.25, 0.3) is 0 Å². The average molecular weight is 627 g/mol. The maximum atomic E-state index is 14.0. The number of halogens is 3. The van der Waals surface area contributed by atoms with Crippen LogP contribution < -0.4 is 14.4 Å². The molecule has 40 heavy (non-hydrogen) atoms. The Kier molecular flexibility index (Phi) is 11.1. The number of carbonyl (C=O) groups excluding carboxylic acids is 2. The Morgan fingerprint density at radius 1 is 0.950 bits per heavy atom. The minimum Gasteiger partial charge on any atom is -0.492 e. The van der Waals surface area contributed by atoms with Crippen molar-refractivity contribution in [1.29, 1.82) is 0 Å². The summed E-state index contributed by atoms with van der Waals surface area (Å²) in [6, 6.07) is 16.1. The van der Waals surface area contributed by atoms with Gasteiger partial charge < -0.3 is 15.0 Å². The zero-order valence-corrected chi connectivity index (χ0v) is 25.3. The highest BCUT2D eigenvalue weighted by molar-refractivity contribution is 7.92. The van der Waals surface area contributed by atoms with E-state index in [0.717, 1.165) is 4.31 Å². The Labute approximate surface area is 249 Å². The monoisotopic (exact) mass is 625 g/mol. The molecule has 0 aliphatic rings. The quantitative estimate of drug-likeness (QED) is 0.274. The third-order valence-electron chi connectivity index (χ3n) is 5.97. The van der Waals surface area contributed by atoms with E-state index in [0.29, 0.717) is 22.2 Å². The van der Waals surface area contributed by atoms with Crippen LogP contribution in [0.15, 0.2) is 71.6 Å². The normalized spacial score (nSPS) is 11.9. The van der Waals surface area contributed by atoms with Crippen molar-refractivity contribution in [2.45, 2.75) is 38.3 Å². The molecule has 3 aromatic carbocycles. The van der Waals surface area contributed by atoms with Crippen LogP contribution in [0.3, 0.4) is 0 Å². The molecule has 3 rings (SSSR count). The minimum absolute atomic E-state index is 0.0179. The van der Waals surface area contributed by atoms with E-state index in [1.807, 2.05) is 0 Å². The number of hydrogen-bond acceptors (Lipinski definition) is 5. The summed E-state index contributed by atoms with van der Waals surface area (Å²) in [6.07, 6.45) is 0. The predicted molar refractivity (Wildman–Crippen MR) is 159 cm³/mol. The Balaban J connectivity index is 2.09. The summed E-state index contributed by atoms with van der Waals surface area (Å²) in [5, 5.41) is 3.70. The van der Waals surface area contributed by atoms with Gasteiger partial charge in [-0.3, -0.25) is 13.9 Å². The number of benzene rings is 3. The first-order chi connectivity index (χ1) is 19.0.